The van der Waals surface area contributed by atoms with Crippen molar-refractivity contribution in [2.24, 2.45) is 0 Å². The van der Waals surface area contributed by atoms with Crippen LogP contribution in [0.3, 0.4) is 0 Å². The second-order valence-corrected chi connectivity index (χ2v) is 7.19. The van der Waals surface area contributed by atoms with Crippen LogP contribution >= 0.6 is 0 Å². The molecule has 1 saturated heterocycles. The van der Waals surface area contributed by atoms with Crippen LogP contribution in [0.25, 0.3) is 0 Å². The summed E-state index contributed by atoms with van der Waals surface area (Å²) in [4.78, 5) is 21.4. The molecule has 0 spiro atoms. The number of benzene rings is 1. The molecule has 0 atom stereocenters. The molecule has 0 radical (unpaired) electrons. The lowest BCUT2D eigenvalue weighted by Gasteiger charge is -2.34. The lowest BCUT2D eigenvalue weighted by Crippen LogP contribution is -2.46. The minimum atomic E-state index is -0.410. The number of hydrogen-bond acceptors (Lipinski definition) is 5. The van der Waals surface area contributed by atoms with Gasteiger partial charge in [-0.1, -0.05) is 19.1 Å². The highest BCUT2D eigenvalue weighted by Crippen LogP contribution is 2.18. The molecule has 0 unspecified atom stereocenters. The fourth-order valence-corrected chi connectivity index (χ4v) is 3.41. The Morgan fingerprint density at radius 2 is 1.93 bits per heavy atom. The Hall–Kier alpha value is -2.67. The zero-order valence-electron chi connectivity index (χ0n) is 17.2. The highest BCUT2D eigenvalue weighted by atomic mass is 19.1. The SMILES string of the molecule is CCN1CCN(c2ccc(CNC(=O)CCc3ccc(OC)c(F)c3)cn2)CC1. The van der Waals surface area contributed by atoms with Crippen LogP contribution in [0.2, 0.25) is 0 Å². The smallest absolute Gasteiger partial charge is 0.220 e. The van der Waals surface area contributed by atoms with Crippen LogP contribution in [0.4, 0.5) is 10.2 Å². The van der Waals surface area contributed by atoms with Gasteiger partial charge in [0.25, 0.3) is 0 Å². The zero-order valence-corrected chi connectivity index (χ0v) is 17.2. The predicted octanol–water partition coefficient (Wildman–Crippen LogP) is 2.62. The average Bonchev–Trinajstić information content (AvgIpc) is 2.77. The van der Waals surface area contributed by atoms with Gasteiger partial charge < -0.3 is 19.9 Å². The van der Waals surface area contributed by atoms with Gasteiger partial charge in [0.1, 0.15) is 5.82 Å². The van der Waals surface area contributed by atoms with E-state index in [0.717, 1.165) is 49.7 Å². The van der Waals surface area contributed by atoms with E-state index in [1.54, 1.807) is 12.1 Å². The second kappa shape index (κ2) is 10.2. The number of aromatic nitrogens is 1. The van der Waals surface area contributed by atoms with Gasteiger partial charge in [0.2, 0.25) is 5.91 Å². The highest BCUT2D eigenvalue weighted by molar-refractivity contribution is 5.76. The maximum absolute atomic E-state index is 13.7. The first-order valence-corrected chi connectivity index (χ1v) is 10.1. The van der Waals surface area contributed by atoms with Crippen molar-refractivity contribution in [1.82, 2.24) is 15.2 Å². The van der Waals surface area contributed by atoms with E-state index < -0.39 is 5.82 Å². The summed E-state index contributed by atoms with van der Waals surface area (Å²) in [7, 11) is 1.43. The summed E-state index contributed by atoms with van der Waals surface area (Å²) in [6.07, 6.45) is 2.60. The molecule has 2 aromatic rings. The molecule has 1 aliphatic rings. The molecule has 0 saturated carbocycles. The summed E-state index contributed by atoms with van der Waals surface area (Å²) in [5.41, 5.74) is 1.73. The maximum Gasteiger partial charge on any atom is 0.220 e. The number of carbonyl (C=O) groups excluding carboxylic acids is 1. The highest BCUT2D eigenvalue weighted by Gasteiger charge is 2.16. The van der Waals surface area contributed by atoms with Gasteiger partial charge in [-0.2, -0.15) is 0 Å². The number of anilines is 1. The van der Waals surface area contributed by atoms with Crippen LogP contribution in [-0.2, 0) is 17.8 Å². The number of piperazine rings is 1. The molecule has 2 heterocycles. The van der Waals surface area contributed by atoms with E-state index >= 15 is 0 Å². The van der Waals surface area contributed by atoms with E-state index in [2.05, 4.69) is 27.0 Å². The average molecular weight is 400 g/mol. The molecule has 29 heavy (non-hydrogen) atoms. The minimum absolute atomic E-state index is 0.0685. The summed E-state index contributed by atoms with van der Waals surface area (Å²) < 4.78 is 18.6. The van der Waals surface area contributed by atoms with Gasteiger partial charge >= 0.3 is 0 Å². The van der Waals surface area contributed by atoms with Crippen molar-refractivity contribution in [2.75, 3.05) is 44.7 Å². The molecule has 7 heteroatoms. The van der Waals surface area contributed by atoms with Gasteiger partial charge in [0, 0.05) is 45.3 Å². The third-order valence-electron chi connectivity index (χ3n) is 5.30. The number of carbonyl (C=O) groups is 1. The van der Waals surface area contributed by atoms with Gasteiger partial charge in [-0.3, -0.25) is 4.79 Å². The number of methoxy groups -OCH3 is 1. The van der Waals surface area contributed by atoms with E-state index in [1.807, 2.05) is 18.3 Å². The molecule has 1 aromatic heterocycles. The summed E-state index contributed by atoms with van der Waals surface area (Å²) in [5, 5.41) is 2.90. The first-order chi connectivity index (χ1) is 14.1. The summed E-state index contributed by atoms with van der Waals surface area (Å²) in [6, 6.07) is 8.79. The number of aryl methyl sites for hydroxylation is 1. The van der Waals surface area contributed by atoms with E-state index in [4.69, 9.17) is 4.74 Å². The Balaban J connectivity index is 1.42. The largest absolute Gasteiger partial charge is 0.494 e. The minimum Gasteiger partial charge on any atom is -0.494 e. The first kappa shape index (κ1) is 21.0. The number of nitrogens with zero attached hydrogens (tertiary/aromatic N) is 3. The standard InChI is InChI=1S/C22H29FN4O2/c1-3-26-10-12-27(13-11-26)21-8-5-18(15-24-21)16-25-22(28)9-6-17-4-7-20(29-2)19(23)14-17/h4-5,7-8,14-15H,3,6,9-13,16H2,1-2H3,(H,25,28). The third kappa shape index (κ3) is 5.90. The summed E-state index contributed by atoms with van der Waals surface area (Å²) in [6.45, 7) is 7.82. The van der Waals surface area contributed by atoms with Crippen LogP contribution < -0.4 is 15.0 Å². The molecule has 1 fully saturated rings. The van der Waals surface area contributed by atoms with Crippen molar-refractivity contribution in [3.05, 3.63) is 53.5 Å². The summed E-state index contributed by atoms with van der Waals surface area (Å²) in [5.74, 6) is 0.715. The number of nitrogens with one attached hydrogen (secondary N) is 1. The number of halogens is 1. The fraction of sp³-hybridized carbons (Fsp3) is 0.455. The third-order valence-corrected chi connectivity index (χ3v) is 5.30. The van der Waals surface area contributed by atoms with E-state index in [0.29, 0.717) is 19.4 Å². The van der Waals surface area contributed by atoms with Crippen LogP contribution in [0.5, 0.6) is 5.75 Å². The Morgan fingerprint density at radius 3 is 2.55 bits per heavy atom. The van der Waals surface area contributed by atoms with Crippen molar-refractivity contribution in [1.29, 1.82) is 0 Å². The van der Waals surface area contributed by atoms with Crippen molar-refractivity contribution < 1.29 is 13.9 Å². The van der Waals surface area contributed by atoms with Gasteiger partial charge in [-0.05, 0) is 42.3 Å². The Bertz CT molecular complexity index is 805. The predicted molar refractivity (Wildman–Crippen MR) is 112 cm³/mol. The van der Waals surface area contributed by atoms with E-state index in [-0.39, 0.29) is 11.7 Å². The topological polar surface area (TPSA) is 57.7 Å². The number of rotatable bonds is 8. The molecular formula is C22H29FN4O2. The zero-order chi connectivity index (χ0) is 20.6. The van der Waals surface area contributed by atoms with Crippen LogP contribution in [0, 0.1) is 5.82 Å². The lowest BCUT2D eigenvalue weighted by molar-refractivity contribution is -0.121. The Morgan fingerprint density at radius 1 is 1.17 bits per heavy atom. The maximum atomic E-state index is 13.7. The number of hydrogen-bond donors (Lipinski definition) is 1. The van der Waals surface area contributed by atoms with Crippen molar-refractivity contribution in [2.45, 2.75) is 26.3 Å². The molecule has 1 N–H and O–H groups in total. The van der Waals surface area contributed by atoms with Crippen molar-refractivity contribution >= 4 is 11.7 Å². The number of amides is 1. The molecule has 156 valence electrons. The monoisotopic (exact) mass is 400 g/mol. The molecule has 1 aromatic carbocycles. The normalized spacial score (nSPS) is 14.7. The number of pyridine rings is 1. The lowest BCUT2D eigenvalue weighted by atomic mass is 10.1. The van der Waals surface area contributed by atoms with Gasteiger partial charge in [-0.25, -0.2) is 9.37 Å². The van der Waals surface area contributed by atoms with Crippen molar-refractivity contribution in [3.63, 3.8) is 0 Å². The Labute approximate surface area is 171 Å². The van der Waals surface area contributed by atoms with Gasteiger partial charge in [0.05, 0.1) is 7.11 Å². The molecule has 6 nitrogen and oxygen atoms in total. The molecule has 1 aliphatic heterocycles. The first-order valence-electron chi connectivity index (χ1n) is 10.1. The fourth-order valence-electron chi connectivity index (χ4n) is 3.41. The van der Waals surface area contributed by atoms with Crippen LogP contribution in [-0.4, -0.2) is 55.6 Å². The molecule has 3 rings (SSSR count). The Kier molecular flexibility index (Phi) is 7.41. The van der Waals surface area contributed by atoms with E-state index in [1.165, 1.54) is 13.2 Å². The van der Waals surface area contributed by atoms with Crippen LogP contribution in [0.1, 0.15) is 24.5 Å². The van der Waals surface area contributed by atoms with Crippen LogP contribution in [0.15, 0.2) is 36.5 Å². The van der Waals surface area contributed by atoms with Gasteiger partial charge in [-0.15, -0.1) is 0 Å². The summed E-state index contributed by atoms with van der Waals surface area (Å²) >= 11 is 0. The van der Waals surface area contributed by atoms with E-state index in [9.17, 15) is 9.18 Å². The molecule has 1 amide bonds. The number of likely N-dealkylation sites (N-methyl/N-ethyl adjacent to an activating group) is 1. The van der Waals surface area contributed by atoms with Gasteiger partial charge in [0.15, 0.2) is 11.6 Å². The number of ether oxygens (including phenoxy) is 1. The second-order valence-electron chi connectivity index (χ2n) is 7.19. The molecular weight excluding hydrogens is 371 g/mol. The quantitative estimate of drug-likeness (QED) is 0.738. The molecule has 0 bridgehead atoms. The molecule has 0 aliphatic carbocycles. The van der Waals surface area contributed by atoms with Crippen molar-refractivity contribution in [3.8, 4) is 5.75 Å².